The van der Waals surface area contributed by atoms with Crippen LogP contribution in [-0.2, 0) is 35.1 Å². The van der Waals surface area contributed by atoms with Gasteiger partial charge in [-0.2, -0.15) is 0 Å². The number of carbonyl (C=O) groups excluding carboxylic acids is 4. The first-order chi connectivity index (χ1) is 22.0. The molecule has 0 unspecified atom stereocenters. The van der Waals surface area contributed by atoms with Crippen molar-refractivity contribution in [3.63, 3.8) is 0 Å². The molecule has 0 saturated carbocycles. The molecule has 1 aliphatic heterocycles. The molecule has 1 N–H and O–H groups in total. The Hall–Kier alpha value is -4.86. The molecule has 1 saturated heterocycles. The predicted molar refractivity (Wildman–Crippen MR) is 170 cm³/mol. The van der Waals surface area contributed by atoms with Gasteiger partial charge < -0.3 is 24.3 Å². The summed E-state index contributed by atoms with van der Waals surface area (Å²) in [6.45, 7) is 6.96. The quantitative estimate of drug-likeness (QED) is 0.227. The number of esters is 2. The van der Waals surface area contributed by atoms with Gasteiger partial charge in [-0.05, 0) is 68.4 Å². The van der Waals surface area contributed by atoms with Gasteiger partial charge in [-0.25, -0.2) is 19.2 Å². The first kappa shape index (κ1) is 32.5. The summed E-state index contributed by atoms with van der Waals surface area (Å²) in [5.41, 5.74) is 4.34. The summed E-state index contributed by atoms with van der Waals surface area (Å²) < 4.78 is 22.3. The van der Waals surface area contributed by atoms with Crippen molar-refractivity contribution in [1.29, 1.82) is 0 Å². The number of benzene rings is 3. The zero-order valence-electron chi connectivity index (χ0n) is 26.6. The maximum atomic E-state index is 13.4. The number of hydrogen-bond acceptors (Lipinski definition) is 8. The highest BCUT2D eigenvalue weighted by molar-refractivity contribution is 5.85. The Balaban J connectivity index is 1.22. The Bertz CT molecular complexity index is 1520. The van der Waals surface area contributed by atoms with E-state index in [2.05, 4.69) is 17.4 Å². The predicted octanol–water partition coefficient (Wildman–Crippen LogP) is 5.97. The van der Waals surface area contributed by atoms with E-state index in [9.17, 15) is 19.2 Å². The number of rotatable bonds is 9. The van der Waals surface area contributed by atoms with Gasteiger partial charge in [0.15, 0.2) is 6.04 Å². The van der Waals surface area contributed by atoms with E-state index in [0.29, 0.717) is 19.4 Å². The van der Waals surface area contributed by atoms with Crippen molar-refractivity contribution in [2.45, 2.75) is 76.9 Å². The minimum absolute atomic E-state index is 0.0367. The van der Waals surface area contributed by atoms with Crippen molar-refractivity contribution in [2.75, 3.05) is 13.2 Å². The fourth-order valence-corrected chi connectivity index (χ4v) is 5.86. The summed E-state index contributed by atoms with van der Waals surface area (Å²) in [5.74, 6) is -1.62. The molecule has 10 heteroatoms. The van der Waals surface area contributed by atoms with Gasteiger partial charge in [0, 0.05) is 12.5 Å². The lowest BCUT2D eigenvalue weighted by Crippen LogP contribution is -2.52. The number of ether oxygens (including phenoxy) is 4. The van der Waals surface area contributed by atoms with Crippen molar-refractivity contribution in [3.05, 3.63) is 95.6 Å². The zero-order valence-corrected chi connectivity index (χ0v) is 26.6. The first-order valence-electron chi connectivity index (χ1n) is 15.5. The number of carbonyl (C=O) groups is 4. The van der Waals surface area contributed by atoms with Crippen LogP contribution in [0, 0.1) is 0 Å². The van der Waals surface area contributed by atoms with Crippen LogP contribution in [0.4, 0.5) is 9.59 Å². The average Bonchev–Trinajstić information content (AvgIpc) is 3.65. The highest BCUT2D eigenvalue weighted by Crippen LogP contribution is 2.44. The molecule has 1 heterocycles. The van der Waals surface area contributed by atoms with E-state index in [4.69, 9.17) is 18.9 Å². The third kappa shape index (κ3) is 7.67. The van der Waals surface area contributed by atoms with Crippen LogP contribution in [-0.4, -0.2) is 66.0 Å². The summed E-state index contributed by atoms with van der Waals surface area (Å²) >= 11 is 0. The zero-order chi connectivity index (χ0) is 32.8. The van der Waals surface area contributed by atoms with Gasteiger partial charge in [0.05, 0.1) is 0 Å². The number of amides is 2. The molecule has 3 aromatic carbocycles. The summed E-state index contributed by atoms with van der Waals surface area (Å²) in [6, 6.07) is 22.9. The number of alkyl carbamates (subject to hydrolysis) is 1. The maximum Gasteiger partial charge on any atom is 0.410 e. The summed E-state index contributed by atoms with van der Waals surface area (Å²) in [5, 5.41) is 2.49. The Morgan fingerprint density at radius 3 is 2.11 bits per heavy atom. The van der Waals surface area contributed by atoms with Gasteiger partial charge in [-0.1, -0.05) is 78.9 Å². The van der Waals surface area contributed by atoms with Gasteiger partial charge in [0.2, 0.25) is 0 Å². The van der Waals surface area contributed by atoms with Gasteiger partial charge in [0.25, 0.3) is 0 Å². The Morgan fingerprint density at radius 1 is 0.870 bits per heavy atom. The van der Waals surface area contributed by atoms with E-state index >= 15 is 0 Å². The van der Waals surface area contributed by atoms with Crippen LogP contribution < -0.4 is 5.32 Å². The van der Waals surface area contributed by atoms with Gasteiger partial charge >= 0.3 is 24.1 Å². The van der Waals surface area contributed by atoms with Crippen LogP contribution in [0.5, 0.6) is 0 Å². The second kappa shape index (κ2) is 14.1. The lowest BCUT2D eigenvalue weighted by Gasteiger charge is -2.28. The van der Waals surface area contributed by atoms with Crippen molar-refractivity contribution in [3.8, 4) is 11.1 Å². The van der Waals surface area contributed by atoms with E-state index in [0.717, 1.165) is 27.8 Å². The lowest BCUT2D eigenvalue weighted by molar-refractivity contribution is -0.161. The standard InChI is InChI=1S/C36H40N2O8/c1-23(31(37-34(41)46-36(2,3)4)33(40)43-21-24-13-6-5-7-14-24)45-32(39)30-19-12-20-38(30)35(42)44-22-29-27-17-10-8-15-25(27)26-16-9-11-18-28(26)29/h5-11,13-18,23,29-31H,12,19-22H2,1-4H3,(H,37,41)/t23-,30+,31+/m1/s1. The van der Waals surface area contributed by atoms with E-state index in [-0.39, 0.29) is 19.1 Å². The molecule has 46 heavy (non-hydrogen) atoms. The number of nitrogens with one attached hydrogen (secondary N) is 1. The third-order valence-corrected chi connectivity index (χ3v) is 8.02. The number of likely N-dealkylation sites (tertiary alicyclic amines) is 1. The normalized spacial score (nSPS) is 16.9. The van der Waals surface area contributed by atoms with Crippen molar-refractivity contribution in [1.82, 2.24) is 10.2 Å². The van der Waals surface area contributed by atoms with Crippen LogP contribution >= 0.6 is 0 Å². The van der Waals surface area contributed by atoms with Crippen molar-refractivity contribution < 1.29 is 38.1 Å². The minimum atomic E-state index is -1.35. The highest BCUT2D eigenvalue weighted by Gasteiger charge is 2.40. The Kier molecular flexibility index (Phi) is 9.94. The Morgan fingerprint density at radius 2 is 1.48 bits per heavy atom. The molecule has 5 rings (SSSR count). The van der Waals surface area contributed by atoms with Crippen LogP contribution in [0.2, 0.25) is 0 Å². The molecule has 0 bridgehead atoms. The number of fused-ring (bicyclic) bond motifs is 3. The molecule has 0 radical (unpaired) electrons. The molecule has 1 fully saturated rings. The van der Waals surface area contributed by atoms with E-state index in [1.807, 2.05) is 54.6 Å². The molecule has 2 amide bonds. The first-order valence-corrected chi connectivity index (χ1v) is 15.5. The summed E-state index contributed by atoms with van der Waals surface area (Å²) in [4.78, 5) is 53.9. The van der Waals surface area contributed by atoms with Crippen LogP contribution in [0.25, 0.3) is 11.1 Å². The molecule has 242 valence electrons. The number of nitrogens with zero attached hydrogens (tertiary/aromatic N) is 1. The molecular weight excluding hydrogens is 588 g/mol. The molecule has 0 spiro atoms. The van der Waals surface area contributed by atoms with E-state index < -0.39 is 47.9 Å². The SMILES string of the molecule is C[C@@H](OC(=O)[C@@H]1CCCN1C(=O)OCC1c2ccccc2-c2ccccc21)[C@H](NC(=O)OC(C)(C)C)C(=O)OCc1ccccc1. The van der Waals surface area contributed by atoms with Crippen LogP contribution in [0.1, 0.15) is 63.1 Å². The minimum Gasteiger partial charge on any atom is -0.459 e. The van der Waals surface area contributed by atoms with Crippen molar-refractivity contribution >= 4 is 24.1 Å². The third-order valence-electron chi connectivity index (χ3n) is 8.02. The van der Waals surface area contributed by atoms with E-state index in [1.54, 1.807) is 32.9 Å². The van der Waals surface area contributed by atoms with Crippen LogP contribution in [0.15, 0.2) is 78.9 Å². The summed E-state index contributed by atoms with van der Waals surface area (Å²) in [6.07, 6.45) is -1.65. The largest absolute Gasteiger partial charge is 0.459 e. The molecule has 3 atom stereocenters. The van der Waals surface area contributed by atoms with Gasteiger partial charge in [0.1, 0.15) is 31.0 Å². The maximum absolute atomic E-state index is 13.4. The fraction of sp³-hybridized carbons (Fsp3) is 0.389. The lowest BCUT2D eigenvalue weighted by atomic mass is 9.98. The highest BCUT2D eigenvalue weighted by atomic mass is 16.6. The smallest absolute Gasteiger partial charge is 0.410 e. The summed E-state index contributed by atoms with van der Waals surface area (Å²) in [7, 11) is 0. The fourth-order valence-electron chi connectivity index (χ4n) is 5.86. The van der Waals surface area contributed by atoms with Crippen molar-refractivity contribution in [2.24, 2.45) is 0 Å². The van der Waals surface area contributed by atoms with E-state index in [1.165, 1.54) is 11.8 Å². The molecule has 1 aliphatic carbocycles. The molecule has 10 nitrogen and oxygen atoms in total. The van der Waals surface area contributed by atoms with Crippen LogP contribution in [0.3, 0.4) is 0 Å². The molecule has 0 aromatic heterocycles. The van der Waals surface area contributed by atoms with Gasteiger partial charge in [-0.3, -0.25) is 4.90 Å². The second-order valence-electron chi connectivity index (χ2n) is 12.5. The molecular formula is C36H40N2O8. The monoisotopic (exact) mass is 628 g/mol. The molecule has 3 aromatic rings. The number of hydrogen-bond donors (Lipinski definition) is 1. The van der Waals surface area contributed by atoms with Gasteiger partial charge in [-0.15, -0.1) is 0 Å². The average molecular weight is 629 g/mol. The molecule has 2 aliphatic rings. The topological polar surface area (TPSA) is 120 Å². The Labute approximate surface area is 269 Å². The second-order valence-corrected chi connectivity index (χ2v) is 12.5.